The summed E-state index contributed by atoms with van der Waals surface area (Å²) >= 11 is 7.28. The van der Waals surface area contributed by atoms with Crippen molar-refractivity contribution in [3.8, 4) is 10.4 Å². The maximum Gasteiger partial charge on any atom is 0.257 e. The molecule has 1 heterocycles. The number of anilines is 2. The van der Waals surface area contributed by atoms with Crippen molar-refractivity contribution < 1.29 is 9.59 Å². The zero-order valence-corrected chi connectivity index (χ0v) is 18.0. The summed E-state index contributed by atoms with van der Waals surface area (Å²) in [5.41, 5.74) is 3.01. The number of nitrogens with one attached hydrogen (secondary N) is 2. The summed E-state index contributed by atoms with van der Waals surface area (Å²) in [6.07, 6.45) is 1.74. The molecule has 1 unspecified atom stereocenters. The summed E-state index contributed by atoms with van der Waals surface area (Å²) in [5, 5.41) is 5.49. The number of halogens is 1. The summed E-state index contributed by atoms with van der Waals surface area (Å²) in [7, 11) is 0. The smallest absolute Gasteiger partial charge is 0.257 e. The Morgan fingerprint density at radius 1 is 1.03 bits per heavy atom. The van der Waals surface area contributed by atoms with Gasteiger partial charge in [0.05, 0.1) is 4.88 Å². The lowest BCUT2D eigenvalue weighted by atomic mass is 9.98. The van der Waals surface area contributed by atoms with Crippen LogP contribution in [-0.2, 0) is 4.79 Å². The van der Waals surface area contributed by atoms with Crippen LogP contribution in [0.3, 0.4) is 0 Å². The largest absolute Gasteiger partial charge is 0.325 e. The number of carbonyl (C=O) groups excluding carboxylic acids is 2. The normalized spacial score (nSPS) is 11.9. The van der Waals surface area contributed by atoms with E-state index in [0.717, 1.165) is 16.0 Å². The molecule has 7 heteroatoms. The second-order valence-electron chi connectivity index (χ2n) is 6.91. The number of amides is 2. The van der Waals surface area contributed by atoms with Crippen molar-refractivity contribution in [3.05, 3.63) is 65.9 Å². The Labute approximate surface area is 179 Å². The van der Waals surface area contributed by atoms with Crippen molar-refractivity contribution in [2.24, 2.45) is 0 Å². The van der Waals surface area contributed by atoms with Crippen LogP contribution >= 0.6 is 22.9 Å². The molecule has 150 valence electrons. The van der Waals surface area contributed by atoms with E-state index >= 15 is 0 Å². The van der Waals surface area contributed by atoms with E-state index in [-0.39, 0.29) is 17.7 Å². The SMILES string of the molecule is CC(Cl)C(=O)Nc1cc(C(=O)Nc2ncc(-c3ccccc3)s2)ccc1C(C)C. The summed E-state index contributed by atoms with van der Waals surface area (Å²) in [5.74, 6) is -0.414. The van der Waals surface area contributed by atoms with Crippen molar-refractivity contribution >= 4 is 45.6 Å². The van der Waals surface area contributed by atoms with Gasteiger partial charge in [-0.05, 0) is 36.1 Å². The van der Waals surface area contributed by atoms with E-state index in [2.05, 4.69) is 15.6 Å². The van der Waals surface area contributed by atoms with Crippen molar-refractivity contribution in [1.29, 1.82) is 0 Å². The third kappa shape index (κ3) is 5.22. The minimum Gasteiger partial charge on any atom is -0.325 e. The van der Waals surface area contributed by atoms with Gasteiger partial charge in [-0.15, -0.1) is 11.6 Å². The molecule has 0 aliphatic rings. The molecule has 1 atom stereocenters. The molecule has 0 aliphatic heterocycles. The third-order valence-corrected chi connectivity index (χ3v) is 5.50. The second kappa shape index (κ2) is 9.20. The number of hydrogen-bond acceptors (Lipinski definition) is 4. The van der Waals surface area contributed by atoms with Crippen LogP contribution in [0, 0.1) is 0 Å². The first-order valence-electron chi connectivity index (χ1n) is 9.26. The highest BCUT2D eigenvalue weighted by Gasteiger charge is 2.17. The first-order chi connectivity index (χ1) is 13.8. The van der Waals surface area contributed by atoms with Gasteiger partial charge in [-0.3, -0.25) is 14.9 Å². The van der Waals surface area contributed by atoms with Gasteiger partial charge in [0.1, 0.15) is 5.38 Å². The molecule has 0 aliphatic carbocycles. The first kappa shape index (κ1) is 21.0. The Bertz CT molecular complexity index is 1020. The van der Waals surface area contributed by atoms with Gasteiger partial charge in [0.25, 0.3) is 5.91 Å². The van der Waals surface area contributed by atoms with Gasteiger partial charge in [-0.25, -0.2) is 4.98 Å². The van der Waals surface area contributed by atoms with E-state index in [0.29, 0.717) is 16.4 Å². The molecule has 29 heavy (non-hydrogen) atoms. The highest BCUT2D eigenvalue weighted by atomic mass is 35.5. The van der Waals surface area contributed by atoms with Gasteiger partial charge in [0, 0.05) is 17.4 Å². The molecule has 0 radical (unpaired) electrons. The average molecular weight is 428 g/mol. The zero-order valence-electron chi connectivity index (χ0n) is 16.4. The van der Waals surface area contributed by atoms with Crippen molar-refractivity contribution in [1.82, 2.24) is 4.98 Å². The van der Waals surface area contributed by atoms with E-state index in [1.807, 2.05) is 50.2 Å². The Morgan fingerprint density at radius 2 is 1.76 bits per heavy atom. The van der Waals surface area contributed by atoms with Crippen LogP contribution in [0.4, 0.5) is 10.8 Å². The fourth-order valence-electron chi connectivity index (χ4n) is 2.78. The lowest BCUT2D eigenvalue weighted by Crippen LogP contribution is -2.22. The molecule has 2 aromatic carbocycles. The van der Waals surface area contributed by atoms with Crippen LogP contribution in [-0.4, -0.2) is 22.2 Å². The highest BCUT2D eigenvalue weighted by molar-refractivity contribution is 7.19. The average Bonchev–Trinajstić information content (AvgIpc) is 3.16. The van der Waals surface area contributed by atoms with E-state index in [9.17, 15) is 9.59 Å². The van der Waals surface area contributed by atoms with Crippen LogP contribution in [0.1, 0.15) is 42.6 Å². The fraction of sp³-hybridized carbons (Fsp3) is 0.227. The lowest BCUT2D eigenvalue weighted by Gasteiger charge is -2.16. The molecule has 0 fully saturated rings. The Morgan fingerprint density at radius 3 is 2.41 bits per heavy atom. The molecule has 2 N–H and O–H groups in total. The van der Waals surface area contributed by atoms with Crippen molar-refractivity contribution in [3.63, 3.8) is 0 Å². The molecule has 5 nitrogen and oxygen atoms in total. The molecule has 0 spiro atoms. The molecule has 0 bridgehead atoms. The number of alkyl halides is 1. The molecule has 0 saturated heterocycles. The summed E-state index contributed by atoms with van der Waals surface area (Å²) in [4.78, 5) is 30.0. The minimum atomic E-state index is -0.667. The highest BCUT2D eigenvalue weighted by Crippen LogP contribution is 2.30. The summed E-state index contributed by atoms with van der Waals surface area (Å²) in [6.45, 7) is 5.65. The van der Waals surface area contributed by atoms with Gasteiger partial charge in [-0.2, -0.15) is 0 Å². The second-order valence-corrected chi connectivity index (χ2v) is 8.60. The standard InChI is InChI=1S/C22H22ClN3O2S/c1-13(2)17-10-9-16(11-18(17)25-20(27)14(3)23)21(28)26-22-24-12-19(29-22)15-7-5-4-6-8-15/h4-14H,1-3H3,(H,25,27)(H,24,26,28). The fourth-order valence-corrected chi connectivity index (χ4v) is 3.65. The molecule has 3 aromatic rings. The number of aromatic nitrogens is 1. The third-order valence-electron chi connectivity index (χ3n) is 4.34. The maximum absolute atomic E-state index is 12.7. The zero-order chi connectivity index (χ0) is 21.0. The Balaban J connectivity index is 1.80. The number of carbonyl (C=O) groups is 2. The monoisotopic (exact) mass is 427 g/mol. The lowest BCUT2D eigenvalue weighted by molar-refractivity contribution is -0.115. The number of nitrogens with zero attached hydrogens (tertiary/aromatic N) is 1. The number of rotatable bonds is 6. The van der Waals surface area contributed by atoms with Crippen LogP contribution in [0.15, 0.2) is 54.7 Å². The van der Waals surface area contributed by atoms with Gasteiger partial charge in [0.2, 0.25) is 5.91 Å². The van der Waals surface area contributed by atoms with Gasteiger partial charge in [-0.1, -0.05) is 61.6 Å². The van der Waals surface area contributed by atoms with Crippen molar-refractivity contribution in [2.45, 2.75) is 32.1 Å². The van der Waals surface area contributed by atoms with Crippen LogP contribution < -0.4 is 10.6 Å². The predicted octanol–water partition coefficient (Wildman–Crippen LogP) is 5.75. The maximum atomic E-state index is 12.7. The molecule has 3 rings (SSSR count). The van der Waals surface area contributed by atoms with Gasteiger partial charge < -0.3 is 5.32 Å². The number of benzene rings is 2. The molecule has 0 saturated carbocycles. The van der Waals surface area contributed by atoms with Crippen molar-refractivity contribution in [2.75, 3.05) is 10.6 Å². The van der Waals surface area contributed by atoms with Crippen LogP contribution in [0.2, 0.25) is 0 Å². The van der Waals surface area contributed by atoms with E-state index in [4.69, 9.17) is 11.6 Å². The molecular weight excluding hydrogens is 406 g/mol. The Hall–Kier alpha value is -2.70. The van der Waals surface area contributed by atoms with E-state index in [1.165, 1.54) is 11.3 Å². The number of thiazole rings is 1. The summed E-state index contributed by atoms with van der Waals surface area (Å²) in [6, 6.07) is 15.1. The Kier molecular flexibility index (Phi) is 6.67. The van der Waals surface area contributed by atoms with E-state index < -0.39 is 5.38 Å². The predicted molar refractivity (Wildman–Crippen MR) is 120 cm³/mol. The number of hydrogen-bond donors (Lipinski definition) is 2. The topological polar surface area (TPSA) is 71.1 Å². The quantitative estimate of drug-likeness (QED) is 0.492. The van der Waals surface area contributed by atoms with Crippen LogP contribution in [0.5, 0.6) is 0 Å². The van der Waals surface area contributed by atoms with Gasteiger partial charge in [0.15, 0.2) is 5.13 Å². The first-order valence-corrected chi connectivity index (χ1v) is 10.5. The van der Waals surface area contributed by atoms with Gasteiger partial charge >= 0.3 is 0 Å². The van der Waals surface area contributed by atoms with Crippen LogP contribution in [0.25, 0.3) is 10.4 Å². The minimum absolute atomic E-state index is 0.181. The van der Waals surface area contributed by atoms with E-state index in [1.54, 1.807) is 25.3 Å². The molecular formula is C22H22ClN3O2S. The summed E-state index contributed by atoms with van der Waals surface area (Å²) < 4.78 is 0. The molecule has 1 aromatic heterocycles. The molecule has 2 amide bonds.